The normalized spacial score (nSPS) is 19.9. The molecule has 2 aromatic rings. The maximum Gasteiger partial charge on any atom is 0.227 e. The maximum absolute atomic E-state index is 9.11. The maximum atomic E-state index is 9.11. The molecule has 4 rings (SSSR count). The number of fused-ring (bicyclic) bond motifs is 1. The van der Waals surface area contributed by atoms with E-state index in [9.17, 15) is 0 Å². The average Bonchev–Trinajstić information content (AvgIpc) is 3.20. The summed E-state index contributed by atoms with van der Waals surface area (Å²) in [5, 5.41) is 13.6. The minimum Gasteiger partial charge on any atom is -0.395 e. The van der Waals surface area contributed by atoms with Gasteiger partial charge in [-0.05, 0) is 25.0 Å². The average molecular weight is 430 g/mol. The summed E-state index contributed by atoms with van der Waals surface area (Å²) in [7, 11) is 0. The first-order valence-electron chi connectivity index (χ1n) is 9.54. The van der Waals surface area contributed by atoms with Crippen LogP contribution in [-0.4, -0.2) is 78.6 Å². The molecule has 0 radical (unpaired) electrons. The number of piperazine rings is 1. The molecule has 2 N–H and O–H groups in total. The van der Waals surface area contributed by atoms with E-state index < -0.39 is 0 Å². The summed E-state index contributed by atoms with van der Waals surface area (Å²) in [6, 6.07) is 8.15. The van der Waals surface area contributed by atoms with Gasteiger partial charge in [-0.3, -0.25) is 4.90 Å². The second-order valence-corrected chi connectivity index (χ2v) is 6.96. The molecule has 7 nitrogen and oxygen atoms in total. The van der Waals surface area contributed by atoms with Crippen LogP contribution < -0.4 is 10.2 Å². The van der Waals surface area contributed by atoms with Crippen LogP contribution in [0.3, 0.4) is 0 Å². The van der Waals surface area contributed by atoms with Crippen LogP contribution in [-0.2, 0) is 4.74 Å². The van der Waals surface area contributed by atoms with E-state index in [2.05, 4.69) is 21.2 Å². The highest BCUT2D eigenvalue weighted by atomic mass is 35.5. The zero-order valence-corrected chi connectivity index (χ0v) is 17.6. The molecule has 1 aromatic carbocycles. The van der Waals surface area contributed by atoms with Crippen molar-refractivity contribution in [3.8, 4) is 0 Å². The molecule has 0 spiro atoms. The summed E-state index contributed by atoms with van der Waals surface area (Å²) < 4.78 is 5.73. The van der Waals surface area contributed by atoms with E-state index in [0.29, 0.717) is 0 Å². The van der Waals surface area contributed by atoms with Crippen molar-refractivity contribution in [1.29, 1.82) is 0 Å². The standard InChI is InChI=1S/C19H27N5O2.2ClH/c25-12-11-23-7-9-24(10-8-23)19-21-17-6-2-1-5-16(17)18(22-19)20-14-15-4-3-13-26-15;;/h1-2,5-6,15,25H,3-4,7-14H2,(H,20,21,22);2*1H. The minimum atomic E-state index is 0. The van der Waals surface area contributed by atoms with Crippen LogP contribution in [0.25, 0.3) is 10.9 Å². The number of hydrogen-bond acceptors (Lipinski definition) is 7. The summed E-state index contributed by atoms with van der Waals surface area (Å²) in [6.45, 7) is 6.20. The second kappa shape index (κ2) is 11.0. The molecule has 1 unspecified atom stereocenters. The van der Waals surface area contributed by atoms with Crippen molar-refractivity contribution >= 4 is 47.5 Å². The van der Waals surface area contributed by atoms with Gasteiger partial charge in [-0.1, -0.05) is 12.1 Å². The van der Waals surface area contributed by atoms with Gasteiger partial charge in [0.1, 0.15) is 5.82 Å². The van der Waals surface area contributed by atoms with Crippen molar-refractivity contribution in [3.63, 3.8) is 0 Å². The zero-order valence-electron chi connectivity index (χ0n) is 15.9. The summed E-state index contributed by atoms with van der Waals surface area (Å²) >= 11 is 0. The molecule has 0 saturated carbocycles. The number of benzene rings is 1. The predicted octanol–water partition coefficient (Wildman–Crippen LogP) is 2.18. The quantitative estimate of drug-likeness (QED) is 0.728. The minimum absolute atomic E-state index is 0. The van der Waals surface area contributed by atoms with Gasteiger partial charge in [0.05, 0.1) is 18.2 Å². The van der Waals surface area contributed by atoms with Gasteiger partial charge in [-0.2, -0.15) is 4.98 Å². The van der Waals surface area contributed by atoms with Crippen LogP contribution in [0.2, 0.25) is 0 Å². The molecule has 1 atom stereocenters. The summed E-state index contributed by atoms with van der Waals surface area (Å²) in [5.74, 6) is 1.67. The number of β-amino-alcohol motifs (C(OH)–C–C–N with tert-alkyl or cyclic N) is 1. The largest absolute Gasteiger partial charge is 0.395 e. The first-order chi connectivity index (χ1) is 12.8. The Labute approximate surface area is 178 Å². The van der Waals surface area contributed by atoms with Crippen LogP contribution in [0.5, 0.6) is 0 Å². The number of aliphatic hydroxyl groups excluding tert-OH is 1. The van der Waals surface area contributed by atoms with Crippen molar-refractivity contribution in [2.45, 2.75) is 18.9 Å². The van der Waals surface area contributed by atoms with Gasteiger partial charge in [0.2, 0.25) is 5.95 Å². The van der Waals surface area contributed by atoms with Crippen molar-refractivity contribution in [2.75, 3.05) is 62.7 Å². The molecule has 3 heterocycles. The van der Waals surface area contributed by atoms with Crippen LogP contribution in [0, 0.1) is 0 Å². The molecule has 156 valence electrons. The third kappa shape index (κ3) is 5.36. The summed E-state index contributed by atoms with van der Waals surface area (Å²) in [4.78, 5) is 14.1. The fourth-order valence-corrected chi connectivity index (χ4v) is 3.67. The smallest absolute Gasteiger partial charge is 0.227 e. The number of nitrogens with one attached hydrogen (secondary N) is 1. The monoisotopic (exact) mass is 429 g/mol. The predicted molar refractivity (Wildman–Crippen MR) is 117 cm³/mol. The lowest BCUT2D eigenvalue weighted by Crippen LogP contribution is -2.47. The topological polar surface area (TPSA) is 73.8 Å². The number of aliphatic hydroxyl groups is 1. The Morgan fingerprint density at radius 1 is 1.11 bits per heavy atom. The Morgan fingerprint density at radius 2 is 1.89 bits per heavy atom. The number of anilines is 2. The van der Waals surface area contributed by atoms with E-state index in [1.807, 2.05) is 18.2 Å². The van der Waals surface area contributed by atoms with Gasteiger partial charge in [0, 0.05) is 51.3 Å². The highest BCUT2D eigenvalue weighted by Crippen LogP contribution is 2.24. The van der Waals surface area contributed by atoms with Crippen LogP contribution >= 0.6 is 24.8 Å². The molecule has 0 bridgehead atoms. The molecule has 2 aliphatic rings. The molecule has 0 amide bonds. The number of aromatic nitrogens is 2. The van der Waals surface area contributed by atoms with E-state index in [1.165, 1.54) is 0 Å². The third-order valence-electron chi connectivity index (χ3n) is 5.18. The van der Waals surface area contributed by atoms with Gasteiger partial charge in [-0.25, -0.2) is 4.98 Å². The van der Waals surface area contributed by atoms with Crippen molar-refractivity contribution in [3.05, 3.63) is 24.3 Å². The third-order valence-corrected chi connectivity index (χ3v) is 5.18. The molecule has 28 heavy (non-hydrogen) atoms. The summed E-state index contributed by atoms with van der Waals surface area (Å²) in [6.07, 6.45) is 2.52. The van der Waals surface area contributed by atoms with E-state index in [0.717, 1.165) is 81.4 Å². The fraction of sp³-hybridized carbons (Fsp3) is 0.579. The van der Waals surface area contributed by atoms with E-state index >= 15 is 0 Å². The number of rotatable bonds is 6. The lowest BCUT2D eigenvalue weighted by atomic mass is 10.2. The SMILES string of the molecule is Cl.Cl.OCCN1CCN(c2nc(NCC3CCCO3)c3ccccc3n2)CC1. The molecule has 0 aliphatic carbocycles. The van der Waals surface area contributed by atoms with Crippen molar-refractivity contribution in [1.82, 2.24) is 14.9 Å². The first-order valence-corrected chi connectivity index (χ1v) is 9.54. The van der Waals surface area contributed by atoms with Crippen LogP contribution in [0.15, 0.2) is 24.3 Å². The van der Waals surface area contributed by atoms with Gasteiger partial charge in [0.25, 0.3) is 0 Å². The molecule has 2 aliphatic heterocycles. The number of halogens is 2. The Bertz CT molecular complexity index is 737. The van der Waals surface area contributed by atoms with Gasteiger partial charge in [-0.15, -0.1) is 24.8 Å². The second-order valence-electron chi connectivity index (χ2n) is 6.96. The van der Waals surface area contributed by atoms with E-state index in [4.69, 9.17) is 19.8 Å². The van der Waals surface area contributed by atoms with E-state index in [-0.39, 0.29) is 37.5 Å². The Hall–Kier alpha value is -1.38. The molecular formula is C19H29Cl2N5O2. The van der Waals surface area contributed by atoms with Crippen LogP contribution in [0.4, 0.5) is 11.8 Å². The molecule has 9 heteroatoms. The van der Waals surface area contributed by atoms with Gasteiger partial charge < -0.3 is 20.1 Å². The Kier molecular flexibility index (Phi) is 8.98. The molecule has 1 aromatic heterocycles. The lowest BCUT2D eigenvalue weighted by molar-refractivity contribution is 0.120. The van der Waals surface area contributed by atoms with Crippen LogP contribution in [0.1, 0.15) is 12.8 Å². The number of nitrogens with zero attached hydrogens (tertiary/aromatic N) is 4. The molecular weight excluding hydrogens is 401 g/mol. The zero-order chi connectivity index (χ0) is 17.8. The first kappa shape index (κ1) is 22.9. The Morgan fingerprint density at radius 3 is 2.61 bits per heavy atom. The van der Waals surface area contributed by atoms with E-state index in [1.54, 1.807) is 0 Å². The lowest BCUT2D eigenvalue weighted by Gasteiger charge is -2.34. The van der Waals surface area contributed by atoms with Crippen molar-refractivity contribution in [2.24, 2.45) is 0 Å². The number of ether oxygens (including phenoxy) is 1. The highest BCUT2D eigenvalue weighted by molar-refractivity contribution is 5.90. The fourth-order valence-electron chi connectivity index (χ4n) is 3.67. The molecule has 2 fully saturated rings. The number of para-hydroxylation sites is 1. The van der Waals surface area contributed by atoms with Gasteiger partial charge in [0.15, 0.2) is 0 Å². The molecule has 2 saturated heterocycles. The summed E-state index contributed by atoms with van der Waals surface area (Å²) in [5.41, 5.74) is 0.963. The number of hydrogen-bond donors (Lipinski definition) is 2. The van der Waals surface area contributed by atoms with Gasteiger partial charge >= 0.3 is 0 Å². The van der Waals surface area contributed by atoms with Crippen molar-refractivity contribution < 1.29 is 9.84 Å². The highest BCUT2D eigenvalue weighted by Gasteiger charge is 2.21. The Balaban J connectivity index is 0.00000140.